The van der Waals surface area contributed by atoms with Gasteiger partial charge in [-0.15, -0.1) is 0 Å². The normalized spacial score (nSPS) is 12.5. The summed E-state index contributed by atoms with van der Waals surface area (Å²) in [6.45, 7) is 5.06. The number of esters is 1. The van der Waals surface area contributed by atoms with Gasteiger partial charge in [0.2, 0.25) is 0 Å². The molecule has 0 aliphatic rings. The molecule has 0 spiro atoms. The van der Waals surface area contributed by atoms with Gasteiger partial charge >= 0.3 is 5.97 Å². The first-order valence-corrected chi connectivity index (χ1v) is 7.60. The first-order chi connectivity index (χ1) is 11.2. The molecule has 6 heteroatoms. The first kappa shape index (κ1) is 15.3. The number of nitrogens with zero attached hydrogens (tertiary/aromatic N) is 3. The number of anilines is 1. The van der Waals surface area contributed by atoms with E-state index in [4.69, 9.17) is 9.15 Å². The van der Waals surface area contributed by atoms with Crippen molar-refractivity contribution in [1.29, 1.82) is 0 Å². The zero-order valence-corrected chi connectivity index (χ0v) is 13.4. The third-order valence-corrected chi connectivity index (χ3v) is 3.92. The maximum atomic E-state index is 11.7. The molecule has 0 aliphatic carbocycles. The van der Waals surface area contributed by atoms with E-state index in [9.17, 15) is 4.79 Å². The lowest BCUT2D eigenvalue weighted by molar-refractivity contribution is -0.144. The van der Waals surface area contributed by atoms with Gasteiger partial charge in [-0.2, -0.15) is 0 Å². The molecule has 23 heavy (non-hydrogen) atoms. The van der Waals surface area contributed by atoms with Crippen molar-refractivity contribution >= 4 is 33.9 Å². The van der Waals surface area contributed by atoms with Gasteiger partial charge < -0.3 is 14.1 Å². The van der Waals surface area contributed by atoms with Crippen LogP contribution in [-0.4, -0.2) is 36.1 Å². The molecule has 0 aliphatic heterocycles. The van der Waals surface area contributed by atoms with Crippen LogP contribution in [-0.2, 0) is 9.53 Å². The minimum atomic E-state index is -0.255. The highest BCUT2D eigenvalue weighted by Crippen LogP contribution is 2.32. The van der Waals surface area contributed by atoms with Gasteiger partial charge in [-0.25, -0.2) is 9.97 Å². The van der Waals surface area contributed by atoms with Crippen molar-refractivity contribution in [2.45, 2.75) is 13.8 Å². The van der Waals surface area contributed by atoms with E-state index in [1.54, 1.807) is 0 Å². The Bertz CT molecular complexity index is 843. The van der Waals surface area contributed by atoms with Gasteiger partial charge in [0.1, 0.15) is 17.4 Å². The molecule has 0 N–H and O–H groups in total. The van der Waals surface area contributed by atoms with Gasteiger partial charge in [0.05, 0.1) is 13.0 Å². The number of methoxy groups -OCH3 is 1. The summed E-state index contributed by atoms with van der Waals surface area (Å²) in [4.78, 5) is 22.4. The lowest BCUT2D eigenvalue weighted by atomic mass is 10.1. The van der Waals surface area contributed by atoms with Crippen LogP contribution in [0.4, 0.5) is 5.82 Å². The topological polar surface area (TPSA) is 68.5 Å². The van der Waals surface area contributed by atoms with E-state index < -0.39 is 0 Å². The molecule has 2 aromatic heterocycles. The molecule has 3 rings (SSSR count). The highest BCUT2D eigenvalue weighted by Gasteiger charge is 2.21. The summed E-state index contributed by atoms with van der Waals surface area (Å²) < 4.78 is 10.8. The van der Waals surface area contributed by atoms with Gasteiger partial charge in [0, 0.05) is 18.5 Å². The van der Waals surface area contributed by atoms with E-state index in [1.807, 2.05) is 43.0 Å². The van der Waals surface area contributed by atoms with Crippen molar-refractivity contribution in [1.82, 2.24) is 9.97 Å². The van der Waals surface area contributed by atoms with Crippen molar-refractivity contribution in [2.75, 3.05) is 25.1 Å². The Morgan fingerprint density at radius 3 is 2.87 bits per heavy atom. The Hall–Kier alpha value is -2.63. The molecule has 3 aromatic rings. The predicted molar refractivity (Wildman–Crippen MR) is 88.4 cm³/mol. The Kier molecular flexibility index (Phi) is 4.14. The molecule has 0 fully saturated rings. The lowest BCUT2D eigenvalue weighted by Crippen LogP contribution is -2.33. The highest BCUT2D eigenvalue weighted by molar-refractivity contribution is 6.05. The van der Waals surface area contributed by atoms with Crippen LogP contribution in [0.5, 0.6) is 0 Å². The summed E-state index contributed by atoms with van der Waals surface area (Å²) in [5.74, 6) is 0.206. The van der Waals surface area contributed by atoms with E-state index >= 15 is 0 Å². The Labute approximate surface area is 134 Å². The highest BCUT2D eigenvalue weighted by atomic mass is 16.5. The van der Waals surface area contributed by atoms with Crippen molar-refractivity contribution in [2.24, 2.45) is 5.92 Å². The van der Waals surface area contributed by atoms with Crippen LogP contribution in [0.15, 0.2) is 35.0 Å². The number of rotatable bonds is 5. The summed E-state index contributed by atoms with van der Waals surface area (Å²) in [7, 11) is 1.40. The summed E-state index contributed by atoms with van der Waals surface area (Å²) in [6.07, 6.45) is 1.53. The predicted octanol–water partition coefficient (Wildman–Crippen LogP) is 3.01. The number of para-hydroxylation sites is 1. The molecule has 0 bridgehead atoms. The summed E-state index contributed by atoms with van der Waals surface area (Å²) in [5.41, 5.74) is 2.21. The average molecular weight is 313 g/mol. The molecular weight excluding hydrogens is 294 g/mol. The van der Waals surface area contributed by atoms with Gasteiger partial charge in [-0.3, -0.25) is 4.79 Å². The minimum Gasteiger partial charge on any atom is -0.469 e. The number of furan rings is 1. The SMILES string of the molecule is CCN(CC(C)C(=O)OC)c1ncnc2c1oc1ccccc12. The van der Waals surface area contributed by atoms with Crippen LogP contribution in [0.25, 0.3) is 22.1 Å². The number of aromatic nitrogens is 2. The van der Waals surface area contributed by atoms with Crippen LogP contribution in [0.1, 0.15) is 13.8 Å². The monoisotopic (exact) mass is 313 g/mol. The Morgan fingerprint density at radius 1 is 1.35 bits per heavy atom. The molecule has 6 nitrogen and oxygen atoms in total. The molecule has 1 unspecified atom stereocenters. The zero-order chi connectivity index (χ0) is 16.4. The van der Waals surface area contributed by atoms with Gasteiger partial charge in [-0.05, 0) is 19.1 Å². The second-order valence-electron chi connectivity index (χ2n) is 5.44. The molecule has 0 saturated heterocycles. The Balaban J connectivity index is 2.05. The molecule has 2 heterocycles. The number of hydrogen-bond acceptors (Lipinski definition) is 6. The fourth-order valence-corrected chi connectivity index (χ4v) is 2.71. The number of fused-ring (bicyclic) bond motifs is 3. The van der Waals surface area contributed by atoms with Crippen LogP contribution in [0.3, 0.4) is 0 Å². The number of carbonyl (C=O) groups excluding carboxylic acids is 1. The summed E-state index contributed by atoms with van der Waals surface area (Å²) in [6, 6.07) is 7.77. The van der Waals surface area contributed by atoms with Gasteiger partial charge in [0.25, 0.3) is 0 Å². The summed E-state index contributed by atoms with van der Waals surface area (Å²) >= 11 is 0. The van der Waals surface area contributed by atoms with Crippen LogP contribution in [0.2, 0.25) is 0 Å². The quantitative estimate of drug-likeness (QED) is 0.674. The molecular formula is C17H19N3O3. The molecule has 1 aromatic carbocycles. The number of carbonyl (C=O) groups is 1. The fraction of sp³-hybridized carbons (Fsp3) is 0.353. The molecule has 120 valence electrons. The third-order valence-electron chi connectivity index (χ3n) is 3.92. The first-order valence-electron chi connectivity index (χ1n) is 7.60. The van der Waals surface area contributed by atoms with Crippen LogP contribution in [0, 0.1) is 5.92 Å². The molecule has 0 amide bonds. The van der Waals surface area contributed by atoms with E-state index in [1.165, 1.54) is 13.4 Å². The molecule has 0 saturated carbocycles. The smallest absolute Gasteiger partial charge is 0.310 e. The largest absolute Gasteiger partial charge is 0.469 e. The van der Waals surface area contributed by atoms with E-state index in [-0.39, 0.29) is 11.9 Å². The van der Waals surface area contributed by atoms with Crippen LogP contribution < -0.4 is 4.90 Å². The van der Waals surface area contributed by atoms with Crippen molar-refractivity contribution in [3.63, 3.8) is 0 Å². The standard InChI is InChI=1S/C17H19N3O3/c1-4-20(9-11(2)17(21)22-3)16-15-14(18-10-19-16)12-7-5-6-8-13(12)23-15/h5-8,10-11H,4,9H2,1-3H3. The van der Waals surface area contributed by atoms with Gasteiger partial charge in [-0.1, -0.05) is 19.1 Å². The van der Waals surface area contributed by atoms with Crippen LogP contribution >= 0.6 is 0 Å². The number of benzene rings is 1. The third kappa shape index (κ3) is 2.72. The second-order valence-corrected chi connectivity index (χ2v) is 5.44. The molecule has 0 radical (unpaired) electrons. The maximum absolute atomic E-state index is 11.7. The average Bonchev–Trinajstić information content (AvgIpc) is 2.97. The summed E-state index contributed by atoms with van der Waals surface area (Å²) in [5, 5.41) is 0.961. The zero-order valence-electron chi connectivity index (χ0n) is 13.4. The minimum absolute atomic E-state index is 0.238. The second kappa shape index (κ2) is 6.24. The fourth-order valence-electron chi connectivity index (χ4n) is 2.71. The number of hydrogen-bond donors (Lipinski definition) is 0. The van der Waals surface area contributed by atoms with E-state index in [0.717, 1.165) is 16.5 Å². The van der Waals surface area contributed by atoms with E-state index in [0.29, 0.717) is 24.5 Å². The van der Waals surface area contributed by atoms with E-state index in [2.05, 4.69) is 9.97 Å². The Morgan fingerprint density at radius 2 is 2.13 bits per heavy atom. The van der Waals surface area contributed by atoms with Crippen molar-refractivity contribution in [3.8, 4) is 0 Å². The molecule has 1 atom stereocenters. The lowest BCUT2D eigenvalue weighted by Gasteiger charge is -2.24. The van der Waals surface area contributed by atoms with Gasteiger partial charge in [0.15, 0.2) is 11.4 Å². The maximum Gasteiger partial charge on any atom is 0.310 e. The van der Waals surface area contributed by atoms with Crippen molar-refractivity contribution < 1.29 is 13.9 Å². The van der Waals surface area contributed by atoms with Crippen molar-refractivity contribution in [3.05, 3.63) is 30.6 Å². The number of ether oxygens (including phenoxy) is 1.